The second-order valence-corrected chi connectivity index (χ2v) is 7.60. The Kier molecular flexibility index (Phi) is 3.59. The first-order valence-electron chi connectivity index (χ1n) is 8.00. The average Bonchev–Trinajstić information content (AvgIpc) is 2.55. The number of carbonyl (C=O) groups is 1. The number of likely N-dealkylation sites (N-methyl/N-ethyl adjacent to an activating group) is 1. The molecule has 4 rings (SSSR count). The predicted molar refractivity (Wildman–Crippen MR) is 76.8 cm³/mol. The zero-order valence-electron chi connectivity index (χ0n) is 12.5. The lowest BCUT2D eigenvalue weighted by Gasteiger charge is -2.47. The SMILES string of the molecule is CN(C)CCNC(=O)C12CC3C[C@H](CC[C@@H](C3)C1)C2. The highest BCUT2D eigenvalue weighted by Gasteiger charge is 2.52. The van der Waals surface area contributed by atoms with E-state index >= 15 is 0 Å². The molecule has 0 saturated heterocycles. The van der Waals surface area contributed by atoms with Crippen molar-refractivity contribution in [2.45, 2.75) is 44.9 Å². The Morgan fingerprint density at radius 1 is 1.11 bits per heavy atom. The summed E-state index contributed by atoms with van der Waals surface area (Å²) >= 11 is 0. The van der Waals surface area contributed by atoms with Gasteiger partial charge in [0.05, 0.1) is 0 Å². The number of rotatable bonds is 4. The van der Waals surface area contributed by atoms with Crippen molar-refractivity contribution in [2.75, 3.05) is 27.2 Å². The Hall–Kier alpha value is -0.570. The summed E-state index contributed by atoms with van der Waals surface area (Å²) in [5.74, 6) is 2.90. The molecule has 0 aliphatic heterocycles. The third kappa shape index (κ3) is 2.67. The third-order valence-corrected chi connectivity index (χ3v) is 5.68. The Labute approximate surface area is 117 Å². The monoisotopic (exact) mass is 264 g/mol. The molecule has 4 aliphatic carbocycles. The zero-order chi connectivity index (χ0) is 13.5. The van der Waals surface area contributed by atoms with Crippen molar-refractivity contribution in [3.05, 3.63) is 0 Å². The van der Waals surface area contributed by atoms with E-state index in [1.165, 1.54) is 44.9 Å². The minimum absolute atomic E-state index is 0.0132. The normalized spacial score (nSPS) is 40.5. The number of carbonyl (C=O) groups excluding carboxylic acids is 1. The lowest BCUT2D eigenvalue weighted by molar-refractivity contribution is -0.138. The smallest absolute Gasteiger partial charge is 0.226 e. The maximum atomic E-state index is 12.7. The molecule has 0 aromatic carbocycles. The molecule has 3 nitrogen and oxygen atoms in total. The standard InChI is InChI=1S/C16H28N2O/c1-18(2)6-5-17-15(19)16-9-12-3-4-13(10-16)8-14(7-12)11-16/h12-14H,3-11H2,1-2H3,(H,17,19)/t12-,13-,14?,16?/m0/s1. The van der Waals surface area contributed by atoms with Gasteiger partial charge in [0.1, 0.15) is 0 Å². The zero-order valence-corrected chi connectivity index (χ0v) is 12.5. The van der Waals surface area contributed by atoms with E-state index in [1.807, 2.05) is 0 Å². The van der Waals surface area contributed by atoms with Crippen molar-refractivity contribution in [1.29, 1.82) is 0 Å². The van der Waals surface area contributed by atoms with Crippen molar-refractivity contribution >= 4 is 5.91 Å². The Balaban J connectivity index is 1.67. The molecule has 4 fully saturated rings. The highest BCUT2D eigenvalue weighted by atomic mass is 16.2. The topological polar surface area (TPSA) is 32.3 Å². The van der Waals surface area contributed by atoms with Crippen LogP contribution in [0.25, 0.3) is 0 Å². The van der Waals surface area contributed by atoms with Crippen LogP contribution < -0.4 is 5.32 Å². The number of nitrogens with one attached hydrogen (secondary N) is 1. The van der Waals surface area contributed by atoms with Gasteiger partial charge >= 0.3 is 0 Å². The third-order valence-electron chi connectivity index (χ3n) is 5.68. The second-order valence-electron chi connectivity index (χ2n) is 7.60. The van der Waals surface area contributed by atoms with E-state index in [1.54, 1.807) is 0 Å². The minimum atomic E-state index is 0.0132. The van der Waals surface area contributed by atoms with Gasteiger partial charge in [-0.3, -0.25) is 4.79 Å². The fourth-order valence-corrected chi connectivity index (χ4v) is 5.05. The first-order valence-corrected chi connectivity index (χ1v) is 8.00. The molecule has 0 unspecified atom stereocenters. The Morgan fingerprint density at radius 3 is 2.26 bits per heavy atom. The molecule has 0 aromatic heterocycles. The van der Waals surface area contributed by atoms with E-state index in [0.29, 0.717) is 5.91 Å². The molecule has 2 atom stereocenters. The number of hydrogen-bond acceptors (Lipinski definition) is 2. The van der Waals surface area contributed by atoms with Gasteiger partial charge < -0.3 is 10.2 Å². The molecule has 1 N–H and O–H groups in total. The van der Waals surface area contributed by atoms with Gasteiger partial charge in [0, 0.05) is 18.5 Å². The maximum Gasteiger partial charge on any atom is 0.226 e. The Bertz CT molecular complexity index is 337. The van der Waals surface area contributed by atoms with Gasteiger partial charge in [-0.1, -0.05) is 12.8 Å². The summed E-state index contributed by atoms with van der Waals surface area (Å²) in [6.45, 7) is 1.74. The minimum Gasteiger partial charge on any atom is -0.354 e. The largest absolute Gasteiger partial charge is 0.354 e. The van der Waals surface area contributed by atoms with Crippen molar-refractivity contribution < 1.29 is 4.79 Å². The summed E-state index contributed by atoms with van der Waals surface area (Å²) in [6, 6.07) is 0. The van der Waals surface area contributed by atoms with Gasteiger partial charge in [-0.15, -0.1) is 0 Å². The van der Waals surface area contributed by atoms with Gasteiger partial charge in [-0.2, -0.15) is 0 Å². The molecule has 0 spiro atoms. The molecular weight excluding hydrogens is 236 g/mol. The predicted octanol–water partition coefficient (Wildman–Crippen LogP) is 2.27. The van der Waals surface area contributed by atoms with E-state index in [9.17, 15) is 4.79 Å². The molecule has 4 bridgehead atoms. The van der Waals surface area contributed by atoms with E-state index < -0.39 is 0 Å². The number of nitrogens with zero attached hydrogens (tertiary/aromatic N) is 1. The highest BCUT2D eigenvalue weighted by molar-refractivity contribution is 5.83. The molecule has 3 heteroatoms. The summed E-state index contributed by atoms with van der Waals surface area (Å²) in [5.41, 5.74) is 0.0132. The lowest BCUT2D eigenvalue weighted by Crippen LogP contribution is -2.49. The summed E-state index contributed by atoms with van der Waals surface area (Å²) in [4.78, 5) is 14.8. The van der Waals surface area contributed by atoms with Crippen molar-refractivity contribution in [2.24, 2.45) is 23.2 Å². The summed E-state index contributed by atoms with van der Waals surface area (Å²) in [7, 11) is 4.11. The first-order chi connectivity index (χ1) is 9.07. The molecule has 4 aliphatic rings. The van der Waals surface area contributed by atoms with Gasteiger partial charge in [0.25, 0.3) is 0 Å². The number of hydrogen-bond donors (Lipinski definition) is 1. The van der Waals surface area contributed by atoms with E-state index in [2.05, 4.69) is 24.3 Å². The van der Waals surface area contributed by atoms with Crippen LogP contribution in [0.5, 0.6) is 0 Å². The van der Waals surface area contributed by atoms with Crippen LogP contribution in [0.2, 0.25) is 0 Å². The second kappa shape index (κ2) is 5.08. The summed E-state index contributed by atoms with van der Waals surface area (Å²) in [5, 5.41) is 3.22. The fourth-order valence-electron chi connectivity index (χ4n) is 5.05. The van der Waals surface area contributed by atoms with Gasteiger partial charge in [-0.25, -0.2) is 0 Å². The van der Waals surface area contributed by atoms with Crippen LogP contribution >= 0.6 is 0 Å². The van der Waals surface area contributed by atoms with Crippen LogP contribution in [0.1, 0.15) is 44.9 Å². The van der Waals surface area contributed by atoms with Crippen LogP contribution in [-0.4, -0.2) is 38.0 Å². The maximum absolute atomic E-state index is 12.7. The van der Waals surface area contributed by atoms with Gasteiger partial charge in [0.15, 0.2) is 0 Å². The van der Waals surface area contributed by atoms with E-state index in [-0.39, 0.29) is 5.41 Å². The summed E-state index contributed by atoms with van der Waals surface area (Å²) in [6.07, 6.45) is 9.10. The van der Waals surface area contributed by atoms with Crippen LogP contribution in [0.3, 0.4) is 0 Å². The first kappa shape index (κ1) is 13.4. The molecule has 19 heavy (non-hydrogen) atoms. The van der Waals surface area contributed by atoms with Crippen LogP contribution in [0, 0.1) is 23.2 Å². The molecule has 108 valence electrons. The van der Waals surface area contributed by atoms with Crippen LogP contribution in [0.4, 0.5) is 0 Å². The number of amides is 1. The summed E-state index contributed by atoms with van der Waals surface area (Å²) < 4.78 is 0. The quantitative estimate of drug-likeness (QED) is 0.845. The van der Waals surface area contributed by atoms with Crippen LogP contribution in [0.15, 0.2) is 0 Å². The number of fused-ring (bicyclic) bond motifs is 1. The lowest BCUT2D eigenvalue weighted by atomic mass is 9.58. The van der Waals surface area contributed by atoms with Crippen LogP contribution in [-0.2, 0) is 4.79 Å². The van der Waals surface area contributed by atoms with Crippen molar-refractivity contribution in [1.82, 2.24) is 10.2 Å². The molecule has 0 radical (unpaired) electrons. The van der Waals surface area contributed by atoms with E-state index in [0.717, 1.165) is 30.8 Å². The fraction of sp³-hybridized carbons (Fsp3) is 0.938. The van der Waals surface area contributed by atoms with E-state index in [4.69, 9.17) is 0 Å². The highest BCUT2D eigenvalue weighted by Crippen LogP contribution is 2.57. The molecular formula is C16H28N2O. The molecule has 0 heterocycles. The molecule has 4 saturated carbocycles. The Morgan fingerprint density at radius 2 is 1.68 bits per heavy atom. The van der Waals surface area contributed by atoms with Gasteiger partial charge in [-0.05, 0) is 64.0 Å². The van der Waals surface area contributed by atoms with Gasteiger partial charge in [0.2, 0.25) is 5.91 Å². The molecule has 1 amide bonds. The van der Waals surface area contributed by atoms with Crippen molar-refractivity contribution in [3.63, 3.8) is 0 Å². The van der Waals surface area contributed by atoms with Crippen molar-refractivity contribution in [3.8, 4) is 0 Å². The molecule has 0 aromatic rings. The average molecular weight is 264 g/mol.